The minimum absolute atomic E-state index is 0.0249. The molecule has 2 heteroatoms. The zero-order valence-corrected chi connectivity index (χ0v) is 12.2. The van der Waals surface area contributed by atoms with Crippen molar-refractivity contribution >= 4 is 5.97 Å². The summed E-state index contributed by atoms with van der Waals surface area (Å²) in [7, 11) is 0. The molecule has 0 saturated heterocycles. The number of carbonyl (C=O) groups is 1. The SMILES string of the molecule is CCCCC(CC)COC(=O)CCC1CCCC1. The number of esters is 1. The van der Waals surface area contributed by atoms with Crippen LogP contribution in [0.3, 0.4) is 0 Å². The third kappa shape index (κ3) is 6.42. The summed E-state index contributed by atoms with van der Waals surface area (Å²) in [6, 6.07) is 0. The van der Waals surface area contributed by atoms with Gasteiger partial charge in [0.25, 0.3) is 0 Å². The van der Waals surface area contributed by atoms with Crippen molar-refractivity contribution in [3.8, 4) is 0 Å². The molecule has 1 rings (SSSR count). The molecule has 1 aliphatic carbocycles. The zero-order chi connectivity index (χ0) is 13.2. The van der Waals surface area contributed by atoms with Crippen molar-refractivity contribution < 1.29 is 9.53 Å². The Hall–Kier alpha value is -0.530. The summed E-state index contributed by atoms with van der Waals surface area (Å²) in [5.74, 6) is 1.39. The van der Waals surface area contributed by atoms with E-state index in [9.17, 15) is 4.79 Å². The Kier molecular flexibility index (Phi) is 8.11. The van der Waals surface area contributed by atoms with Crippen LogP contribution in [0.15, 0.2) is 0 Å². The summed E-state index contributed by atoms with van der Waals surface area (Å²) in [6.45, 7) is 5.03. The molecule has 1 saturated carbocycles. The van der Waals surface area contributed by atoms with Gasteiger partial charge in [0.2, 0.25) is 0 Å². The van der Waals surface area contributed by atoms with Gasteiger partial charge in [0.15, 0.2) is 0 Å². The maximum Gasteiger partial charge on any atom is 0.305 e. The van der Waals surface area contributed by atoms with Gasteiger partial charge in [-0.05, 0) is 24.7 Å². The van der Waals surface area contributed by atoms with Crippen molar-refractivity contribution in [2.45, 2.75) is 78.1 Å². The molecule has 0 aromatic carbocycles. The predicted octanol–water partition coefficient (Wildman–Crippen LogP) is 4.72. The average Bonchev–Trinajstić information content (AvgIpc) is 2.89. The topological polar surface area (TPSA) is 26.3 Å². The van der Waals surface area contributed by atoms with E-state index < -0.39 is 0 Å². The zero-order valence-electron chi connectivity index (χ0n) is 12.2. The lowest BCUT2D eigenvalue weighted by Crippen LogP contribution is -2.14. The van der Waals surface area contributed by atoms with Crippen molar-refractivity contribution in [3.05, 3.63) is 0 Å². The first-order chi connectivity index (χ1) is 8.76. The lowest BCUT2D eigenvalue weighted by atomic mass is 10.0. The average molecular weight is 254 g/mol. The second-order valence-corrected chi connectivity index (χ2v) is 5.79. The van der Waals surface area contributed by atoms with Gasteiger partial charge >= 0.3 is 5.97 Å². The molecule has 0 aliphatic heterocycles. The van der Waals surface area contributed by atoms with Gasteiger partial charge in [-0.25, -0.2) is 0 Å². The first-order valence-electron chi connectivity index (χ1n) is 7.91. The molecule has 0 radical (unpaired) electrons. The highest BCUT2D eigenvalue weighted by atomic mass is 16.5. The van der Waals surface area contributed by atoms with Gasteiger partial charge in [0, 0.05) is 6.42 Å². The molecule has 0 aromatic heterocycles. The van der Waals surface area contributed by atoms with Crippen LogP contribution in [0.25, 0.3) is 0 Å². The van der Waals surface area contributed by atoms with Crippen LogP contribution in [0.5, 0.6) is 0 Å². The minimum atomic E-state index is 0.0249. The van der Waals surface area contributed by atoms with E-state index in [0.29, 0.717) is 18.9 Å². The van der Waals surface area contributed by atoms with Crippen LogP contribution in [-0.4, -0.2) is 12.6 Å². The van der Waals surface area contributed by atoms with Gasteiger partial charge in [-0.3, -0.25) is 4.79 Å². The highest BCUT2D eigenvalue weighted by Gasteiger charge is 2.17. The summed E-state index contributed by atoms with van der Waals surface area (Å²) >= 11 is 0. The molecule has 1 unspecified atom stereocenters. The fourth-order valence-corrected chi connectivity index (χ4v) is 2.80. The van der Waals surface area contributed by atoms with Gasteiger partial charge in [0.1, 0.15) is 0 Å². The predicted molar refractivity (Wildman–Crippen MR) is 75.5 cm³/mol. The second kappa shape index (κ2) is 9.41. The number of hydrogen-bond donors (Lipinski definition) is 0. The molecular formula is C16H30O2. The summed E-state index contributed by atoms with van der Waals surface area (Å²) < 4.78 is 5.41. The van der Waals surface area contributed by atoms with Crippen molar-refractivity contribution in [1.82, 2.24) is 0 Å². The molecule has 1 atom stereocenters. The largest absolute Gasteiger partial charge is 0.465 e. The van der Waals surface area contributed by atoms with Gasteiger partial charge in [0.05, 0.1) is 6.61 Å². The molecule has 1 aliphatic rings. The Balaban J connectivity index is 2.06. The molecule has 0 heterocycles. The Bertz CT molecular complexity index is 219. The molecule has 2 nitrogen and oxygen atoms in total. The van der Waals surface area contributed by atoms with E-state index in [-0.39, 0.29) is 5.97 Å². The van der Waals surface area contributed by atoms with Crippen LogP contribution in [0.1, 0.15) is 78.1 Å². The van der Waals surface area contributed by atoms with E-state index in [1.807, 2.05) is 0 Å². The first-order valence-corrected chi connectivity index (χ1v) is 7.91. The van der Waals surface area contributed by atoms with Crippen LogP contribution >= 0.6 is 0 Å². The summed E-state index contributed by atoms with van der Waals surface area (Å²) in [5, 5.41) is 0. The molecular weight excluding hydrogens is 224 g/mol. The maximum atomic E-state index is 11.7. The molecule has 106 valence electrons. The second-order valence-electron chi connectivity index (χ2n) is 5.79. The fourth-order valence-electron chi connectivity index (χ4n) is 2.80. The summed E-state index contributed by atoms with van der Waals surface area (Å²) in [6.07, 6.45) is 11.8. The highest BCUT2D eigenvalue weighted by Crippen LogP contribution is 2.28. The first kappa shape index (κ1) is 15.5. The van der Waals surface area contributed by atoms with Crippen LogP contribution < -0.4 is 0 Å². The summed E-state index contributed by atoms with van der Waals surface area (Å²) in [4.78, 5) is 11.7. The minimum Gasteiger partial charge on any atom is -0.465 e. The highest BCUT2D eigenvalue weighted by molar-refractivity contribution is 5.69. The van der Waals surface area contributed by atoms with Crippen molar-refractivity contribution in [1.29, 1.82) is 0 Å². The third-order valence-electron chi connectivity index (χ3n) is 4.25. The van der Waals surface area contributed by atoms with E-state index in [1.165, 1.54) is 44.9 Å². The Labute approximate surface area is 112 Å². The van der Waals surface area contributed by atoms with Crippen LogP contribution in [-0.2, 0) is 9.53 Å². The van der Waals surface area contributed by atoms with E-state index >= 15 is 0 Å². The lowest BCUT2D eigenvalue weighted by molar-refractivity contribution is -0.145. The molecule has 0 bridgehead atoms. The van der Waals surface area contributed by atoms with Crippen LogP contribution in [0.2, 0.25) is 0 Å². The normalized spacial score (nSPS) is 17.9. The molecule has 0 N–H and O–H groups in total. The van der Waals surface area contributed by atoms with Gasteiger partial charge in [-0.15, -0.1) is 0 Å². The lowest BCUT2D eigenvalue weighted by Gasteiger charge is -2.15. The van der Waals surface area contributed by atoms with Crippen LogP contribution in [0.4, 0.5) is 0 Å². The Morgan fingerprint density at radius 3 is 2.61 bits per heavy atom. The number of unbranched alkanes of at least 4 members (excludes halogenated alkanes) is 1. The standard InChI is InChI=1S/C16H30O2/c1-3-5-8-14(4-2)13-18-16(17)12-11-15-9-6-7-10-15/h14-15H,3-13H2,1-2H3. The number of rotatable bonds is 9. The third-order valence-corrected chi connectivity index (χ3v) is 4.25. The van der Waals surface area contributed by atoms with Gasteiger partial charge in [-0.2, -0.15) is 0 Å². The monoisotopic (exact) mass is 254 g/mol. The maximum absolute atomic E-state index is 11.7. The smallest absolute Gasteiger partial charge is 0.305 e. The van der Waals surface area contributed by atoms with E-state index in [0.717, 1.165) is 18.8 Å². The van der Waals surface area contributed by atoms with Crippen molar-refractivity contribution in [2.24, 2.45) is 11.8 Å². The molecule has 0 spiro atoms. The molecule has 0 aromatic rings. The van der Waals surface area contributed by atoms with Gasteiger partial charge < -0.3 is 4.74 Å². The number of ether oxygens (including phenoxy) is 1. The van der Waals surface area contributed by atoms with Crippen molar-refractivity contribution in [2.75, 3.05) is 6.61 Å². The van der Waals surface area contributed by atoms with Crippen LogP contribution in [0, 0.1) is 11.8 Å². The summed E-state index contributed by atoms with van der Waals surface area (Å²) in [5.41, 5.74) is 0. The number of hydrogen-bond acceptors (Lipinski definition) is 2. The Morgan fingerprint density at radius 1 is 1.28 bits per heavy atom. The quantitative estimate of drug-likeness (QED) is 0.557. The van der Waals surface area contributed by atoms with E-state index in [4.69, 9.17) is 4.74 Å². The van der Waals surface area contributed by atoms with Crippen molar-refractivity contribution in [3.63, 3.8) is 0 Å². The van der Waals surface area contributed by atoms with E-state index in [1.54, 1.807) is 0 Å². The molecule has 1 fully saturated rings. The molecule has 0 amide bonds. The number of carbonyl (C=O) groups excluding carboxylic acids is 1. The van der Waals surface area contributed by atoms with Gasteiger partial charge in [-0.1, -0.05) is 58.8 Å². The van der Waals surface area contributed by atoms with E-state index in [2.05, 4.69) is 13.8 Å². The molecule has 18 heavy (non-hydrogen) atoms. The fraction of sp³-hybridized carbons (Fsp3) is 0.938. The Morgan fingerprint density at radius 2 is 2.00 bits per heavy atom.